The van der Waals surface area contributed by atoms with Gasteiger partial charge in [0.1, 0.15) is 5.69 Å². The van der Waals surface area contributed by atoms with E-state index in [1.165, 1.54) is 6.07 Å². The summed E-state index contributed by atoms with van der Waals surface area (Å²) in [6.45, 7) is 2.17. The first-order valence-corrected chi connectivity index (χ1v) is 12.2. The molecule has 4 rings (SSSR count). The number of amides is 1. The normalized spacial score (nSPS) is 11.4. The summed E-state index contributed by atoms with van der Waals surface area (Å²) in [5.74, 6) is -0.402. The minimum Gasteiger partial charge on any atom is -0.326 e. The van der Waals surface area contributed by atoms with Gasteiger partial charge in [-0.2, -0.15) is 5.10 Å². The zero-order valence-electron chi connectivity index (χ0n) is 18.3. The van der Waals surface area contributed by atoms with Gasteiger partial charge in [0.25, 0.3) is 5.91 Å². The quantitative estimate of drug-likeness (QED) is 0.453. The Bertz CT molecular complexity index is 1430. The van der Waals surface area contributed by atoms with E-state index < -0.39 is 15.7 Å². The predicted molar refractivity (Wildman–Crippen MR) is 129 cm³/mol. The van der Waals surface area contributed by atoms with Crippen molar-refractivity contribution in [2.75, 3.05) is 11.6 Å². The first kappa shape index (κ1) is 22.4. The first-order chi connectivity index (χ1) is 15.8. The lowest BCUT2D eigenvalue weighted by Gasteiger charge is -2.13. The number of anilines is 1. The van der Waals surface area contributed by atoms with Gasteiger partial charge in [0.2, 0.25) is 0 Å². The molecule has 0 atom stereocenters. The van der Waals surface area contributed by atoms with Crippen molar-refractivity contribution in [2.45, 2.75) is 18.4 Å². The standard InChI is InChI=1S/C25H24N4O3S/c1-17-13-23(29(28-17)21-10-6-7-18(14-21)16-26)25(30)27-20-11-12-22(19-8-4-3-5-9-19)24(15-20)33(2,31)32/h3-15H,16,26H2,1-2H3,(H,27,30). The van der Waals surface area contributed by atoms with Gasteiger partial charge >= 0.3 is 0 Å². The van der Waals surface area contributed by atoms with E-state index in [1.54, 1.807) is 29.8 Å². The van der Waals surface area contributed by atoms with E-state index in [1.807, 2.05) is 54.6 Å². The molecule has 0 aliphatic heterocycles. The highest BCUT2D eigenvalue weighted by Gasteiger charge is 2.19. The van der Waals surface area contributed by atoms with Crippen LogP contribution in [0.2, 0.25) is 0 Å². The molecule has 4 aromatic rings. The molecular weight excluding hydrogens is 436 g/mol. The molecule has 3 aromatic carbocycles. The van der Waals surface area contributed by atoms with E-state index in [0.29, 0.717) is 34.9 Å². The molecule has 0 saturated carbocycles. The molecular formula is C25H24N4O3S. The smallest absolute Gasteiger partial charge is 0.274 e. The number of nitrogens with zero attached hydrogens (tertiary/aromatic N) is 2. The molecule has 7 nitrogen and oxygen atoms in total. The predicted octanol–water partition coefficient (Wildman–Crippen LogP) is 3.96. The summed E-state index contributed by atoms with van der Waals surface area (Å²) in [5, 5.41) is 7.26. The Morgan fingerprint density at radius 3 is 2.45 bits per heavy atom. The van der Waals surface area contributed by atoms with Gasteiger partial charge in [-0.05, 0) is 48.4 Å². The molecule has 0 bridgehead atoms. The number of aromatic nitrogens is 2. The van der Waals surface area contributed by atoms with Crippen LogP contribution in [0, 0.1) is 6.92 Å². The largest absolute Gasteiger partial charge is 0.326 e. The number of aryl methyl sites for hydroxylation is 1. The number of nitrogens with two attached hydrogens (primary N) is 1. The maximum Gasteiger partial charge on any atom is 0.274 e. The summed E-state index contributed by atoms with van der Waals surface area (Å²) in [4.78, 5) is 13.3. The third-order valence-electron chi connectivity index (χ3n) is 5.18. The van der Waals surface area contributed by atoms with Crippen LogP contribution in [0.1, 0.15) is 21.7 Å². The zero-order chi connectivity index (χ0) is 23.6. The monoisotopic (exact) mass is 460 g/mol. The van der Waals surface area contributed by atoms with E-state index in [2.05, 4.69) is 10.4 Å². The molecule has 1 aromatic heterocycles. The second-order valence-electron chi connectivity index (χ2n) is 7.76. The second-order valence-corrected chi connectivity index (χ2v) is 9.74. The lowest BCUT2D eigenvalue weighted by molar-refractivity contribution is 0.101. The third kappa shape index (κ3) is 4.87. The summed E-state index contributed by atoms with van der Waals surface area (Å²) in [6, 6.07) is 23.3. The van der Waals surface area contributed by atoms with Crippen LogP contribution >= 0.6 is 0 Å². The van der Waals surface area contributed by atoms with Crippen LogP contribution in [0.3, 0.4) is 0 Å². The average Bonchev–Trinajstić information content (AvgIpc) is 3.21. The lowest BCUT2D eigenvalue weighted by Crippen LogP contribution is -2.17. The van der Waals surface area contributed by atoms with Crippen molar-refractivity contribution in [3.05, 3.63) is 95.8 Å². The summed E-state index contributed by atoms with van der Waals surface area (Å²) in [7, 11) is -3.54. The highest BCUT2D eigenvalue weighted by atomic mass is 32.2. The van der Waals surface area contributed by atoms with Gasteiger partial charge in [0, 0.05) is 24.1 Å². The summed E-state index contributed by atoms with van der Waals surface area (Å²) in [6.07, 6.45) is 1.16. The van der Waals surface area contributed by atoms with E-state index in [-0.39, 0.29) is 4.90 Å². The van der Waals surface area contributed by atoms with Gasteiger partial charge in [-0.3, -0.25) is 4.79 Å². The van der Waals surface area contributed by atoms with Crippen molar-refractivity contribution in [1.29, 1.82) is 0 Å². The number of hydrogen-bond acceptors (Lipinski definition) is 5. The summed E-state index contributed by atoms with van der Waals surface area (Å²) in [5.41, 5.74) is 10.1. The van der Waals surface area contributed by atoms with E-state index >= 15 is 0 Å². The van der Waals surface area contributed by atoms with Crippen molar-refractivity contribution in [1.82, 2.24) is 9.78 Å². The van der Waals surface area contributed by atoms with Gasteiger partial charge in [0.05, 0.1) is 16.3 Å². The first-order valence-electron chi connectivity index (χ1n) is 10.3. The lowest BCUT2D eigenvalue weighted by atomic mass is 10.1. The van der Waals surface area contributed by atoms with Crippen LogP contribution in [-0.2, 0) is 16.4 Å². The van der Waals surface area contributed by atoms with Crippen molar-refractivity contribution < 1.29 is 13.2 Å². The molecule has 3 N–H and O–H groups in total. The fraction of sp³-hybridized carbons (Fsp3) is 0.120. The SMILES string of the molecule is Cc1cc(C(=O)Nc2ccc(-c3ccccc3)c(S(C)(=O)=O)c2)n(-c2cccc(CN)c2)n1. The van der Waals surface area contributed by atoms with Gasteiger partial charge in [-0.1, -0.05) is 48.5 Å². The number of hydrogen-bond donors (Lipinski definition) is 2. The third-order valence-corrected chi connectivity index (χ3v) is 6.32. The molecule has 0 aliphatic rings. The molecule has 33 heavy (non-hydrogen) atoms. The second kappa shape index (κ2) is 9.01. The van der Waals surface area contributed by atoms with Gasteiger partial charge in [0.15, 0.2) is 9.84 Å². The highest BCUT2D eigenvalue weighted by Crippen LogP contribution is 2.30. The van der Waals surface area contributed by atoms with Crippen molar-refractivity contribution in [3.63, 3.8) is 0 Å². The molecule has 168 valence electrons. The molecule has 0 fully saturated rings. The summed E-state index contributed by atoms with van der Waals surface area (Å²) >= 11 is 0. The van der Waals surface area contributed by atoms with Gasteiger partial charge in [-0.15, -0.1) is 0 Å². The van der Waals surface area contributed by atoms with Crippen molar-refractivity contribution >= 4 is 21.4 Å². The number of nitrogens with one attached hydrogen (secondary N) is 1. The maximum absolute atomic E-state index is 13.1. The van der Waals surface area contributed by atoms with E-state index in [9.17, 15) is 13.2 Å². The fourth-order valence-corrected chi connectivity index (χ4v) is 4.56. The van der Waals surface area contributed by atoms with Crippen LogP contribution in [0.15, 0.2) is 83.8 Å². The average molecular weight is 461 g/mol. The Labute approximate surface area is 192 Å². The number of rotatable bonds is 6. The Hall–Kier alpha value is -3.75. The molecule has 0 aliphatic carbocycles. The molecule has 1 amide bonds. The molecule has 0 spiro atoms. The van der Waals surface area contributed by atoms with Crippen LogP contribution in [0.25, 0.3) is 16.8 Å². The highest BCUT2D eigenvalue weighted by molar-refractivity contribution is 7.90. The maximum atomic E-state index is 13.1. The Kier molecular flexibility index (Phi) is 6.13. The number of carbonyl (C=O) groups is 1. The molecule has 0 radical (unpaired) electrons. The van der Waals surface area contributed by atoms with Crippen LogP contribution in [0.5, 0.6) is 0 Å². The van der Waals surface area contributed by atoms with Crippen molar-refractivity contribution in [3.8, 4) is 16.8 Å². The van der Waals surface area contributed by atoms with Gasteiger partial charge in [-0.25, -0.2) is 13.1 Å². The van der Waals surface area contributed by atoms with Gasteiger partial charge < -0.3 is 11.1 Å². The zero-order valence-corrected chi connectivity index (χ0v) is 19.1. The minimum atomic E-state index is -3.54. The van der Waals surface area contributed by atoms with Crippen LogP contribution in [0.4, 0.5) is 5.69 Å². The Morgan fingerprint density at radius 1 is 1.00 bits per heavy atom. The summed E-state index contributed by atoms with van der Waals surface area (Å²) < 4.78 is 26.6. The van der Waals surface area contributed by atoms with E-state index in [0.717, 1.165) is 17.4 Å². The van der Waals surface area contributed by atoms with Crippen LogP contribution < -0.4 is 11.1 Å². The molecule has 0 unspecified atom stereocenters. The molecule has 1 heterocycles. The Morgan fingerprint density at radius 2 is 1.76 bits per heavy atom. The topological polar surface area (TPSA) is 107 Å². The number of benzene rings is 3. The molecule has 8 heteroatoms. The number of sulfone groups is 1. The van der Waals surface area contributed by atoms with Crippen molar-refractivity contribution in [2.24, 2.45) is 5.73 Å². The van der Waals surface area contributed by atoms with E-state index in [4.69, 9.17) is 5.73 Å². The van der Waals surface area contributed by atoms with Crippen LogP contribution in [-0.4, -0.2) is 30.4 Å². The fourth-order valence-electron chi connectivity index (χ4n) is 3.63. The Balaban J connectivity index is 1.70. The minimum absolute atomic E-state index is 0.145. The number of carbonyl (C=O) groups excluding carboxylic acids is 1. The molecule has 0 saturated heterocycles.